The maximum absolute atomic E-state index is 13.7. The van der Waals surface area contributed by atoms with E-state index in [-0.39, 0.29) is 16.3 Å². The predicted molar refractivity (Wildman–Crippen MR) is 73.8 cm³/mol. The summed E-state index contributed by atoms with van der Waals surface area (Å²) in [5.74, 6) is -6.65. The fraction of sp³-hybridized carbons (Fsp3) is 0.214. The molecule has 0 fully saturated rings. The van der Waals surface area contributed by atoms with Gasteiger partial charge in [-0.15, -0.1) is 12.6 Å². The average molecular weight is 348 g/mol. The maximum Gasteiger partial charge on any atom is 0.459 e. The molecular weight excluding hydrogens is 339 g/mol. The summed E-state index contributed by atoms with van der Waals surface area (Å²) in [7, 11) is 0. The molecule has 0 spiro atoms. The van der Waals surface area contributed by atoms with Crippen LogP contribution < -0.4 is 0 Å². The third kappa shape index (κ3) is 3.19. The van der Waals surface area contributed by atoms with Crippen LogP contribution >= 0.6 is 12.6 Å². The third-order valence-electron chi connectivity index (χ3n) is 2.96. The Kier molecular flexibility index (Phi) is 4.43. The van der Waals surface area contributed by atoms with E-state index in [9.17, 15) is 26.7 Å². The number of aryl methyl sites for hydroxylation is 1. The first-order chi connectivity index (χ1) is 10.6. The van der Waals surface area contributed by atoms with Gasteiger partial charge in [0.1, 0.15) is 11.5 Å². The fourth-order valence-corrected chi connectivity index (χ4v) is 2.08. The fourth-order valence-electron chi connectivity index (χ4n) is 1.82. The number of nitrogens with zero attached hydrogens (tertiary/aromatic N) is 2. The number of benzene rings is 1. The molecule has 1 heterocycles. The summed E-state index contributed by atoms with van der Waals surface area (Å²) in [6.45, 7) is 1.15. The van der Waals surface area contributed by atoms with E-state index in [2.05, 4.69) is 22.6 Å². The second kappa shape index (κ2) is 5.88. The quantitative estimate of drug-likeness (QED) is 0.519. The number of carbonyl (C=O) groups excluding carboxylic acids is 1. The Morgan fingerprint density at radius 3 is 2.26 bits per heavy atom. The molecule has 3 nitrogen and oxygen atoms in total. The van der Waals surface area contributed by atoms with Crippen molar-refractivity contribution in [1.29, 1.82) is 0 Å². The molecule has 0 aliphatic carbocycles. The van der Waals surface area contributed by atoms with Crippen LogP contribution in [0.3, 0.4) is 0 Å². The highest BCUT2D eigenvalue weighted by molar-refractivity contribution is 7.80. The summed E-state index contributed by atoms with van der Waals surface area (Å²) in [6, 6.07) is 5.65. The van der Waals surface area contributed by atoms with Gasteiger partial charge >= 0.3 is 12.1 Å². The summed E-state index contributed by atoms with van der Waals surface area (Å²) < 4.78 is 65.3. The number of alkyl halides is 5. The number of carbonyl (C=O) groups is 1. The van der Waals surface area contributed by atoms with E-state index in [1.165, 1.54) is 24.3 Å². The first kappa shape index (κ1) is 17.3. The number of thiol groups is 1. The second-order valence-corrected chi connectivity index (χ2v) is 5.08. The minimum absolute atomic E-state index is 0.123. The van der Waals surface area contributed by atoms with Crippen molar-refractivity contribution in [2.45, 2.75) is 23.9 Å². The highest BCUT2D eigenvalue weighted by Crippen LogP contribution is 2.44. The smallest absolute Gasteiger partial charge is 0.288 e. The van der Waals surface area contributed by atoms with E-state index in [4.69, 9.17) is 0 Å². The minimum atomic E-state index is -5.89. The number of halogens is 5. The van der Waals surface area contributed by atoms with Gasteiger partial charge in [0.05, 0.1) is 5.56 Å². The van der Waals surface area contributed by atoms with Crippen LogP contribution in [0.2, 0.25) is 0 Å². The molecule has 0 bridgehead atoms. The van der Waals surface area contributed by atoms with E-state index in [1.54, 1.807) is 0 Å². The topological polar surface area (TPSA) is 42.9 Å². The van der Waals surface area contributed by atoms with Crippen molar-refractivity contribution < 1.29 is 26.7 Å². The molecule has 0 N–H and O–H groups in total. The van der Waals surface area contributed by atoms with Crippen LogP contribution in [-0.2, 0) is 5.92 Å². The molecule has 0 amide bonds. The molecule has 2 rings (SSSR count). The van der Waals surface area contributed by atoms with Crippen LogP contribution in [0.15, 0.2) is 35.4 Å². The van der Waals surface area contributed by atoms with Crippen molar-refractivity contribution in [3.8, 4) is 0 Å². The molecule has 0 saturated carbocycles. The van der Waals surface area contributed by atoms with Crippen molar-refractivity contribution in [3.05, 3.63) is 53.1 Å². The van der Waals surface area contributed by atoms with Crippen molar-refractivity contribution in [1.82, 2.24) is 9.97 Å². The third-order valence-corrected chi connectivity index (χ3v) is 3.35. The lowest BCUT2D eigenvalue weighted by Crippen LogP contribution is -2.36. The Hall–Kier alpha value is -2.03. The van der Waals surface area contributed by atoms with Gasteiger partial charge in [0.15, 0.2) is 5.78 Å². The Labute approximate surface area is 133 Å². The molecule has 1 aromatic carbocycles. The Morgan fingerprint density at radius 2 is 1.70 bits per heavy atom. The van der Waals surface area contributed by atoms with Gasteiger partial charge in [-0.25, -0.2) is 9.97 Å². The number of hydrogen-bond acceptors (Lipinski definition) is 4. The molecule has 0 radical (unpaired) electrons. The van der Waals surface area contributed by atoms with Crippen molar-refractivity contribution >= 4 is 18.4 Å². The largest absolute Gasteiger partial charge is 0.459 e. The van der Waals surface area contributed by atoms with Crippen LogP contribution in [-0.4, -0.2) is 21.9 Å². The van der Waals surface area contributed by atoms with Gasteiger partial charge in [0, 0.05) is 16.7 Å². The SMILES string of the molecule is Cc1ncc(C(=O)c2ccccc2S)c(C(F)(F)C(F)(F)F)n1. The molecule has 1 aromatic heterocycles. The Bertz CT molecular complexity index is 761. The zero-order valence-electron chi connectivity index (χ0n) is 11.5. The van der Waals surface area contributed by atoms with Crippen LogP contribution in [0.1, 0.15) is 27.4 Å². The maximum atomic E-state index is 13.7. The highest BCUT2D eigenvalue weighted by atomic mass is 32.1. The molecule has 0 aliphatic heterocycles. The van der Waals surface area contributed by atoms with Gasteiger partial charge in [-0.2, -0.15) is 22.0 Å². The Morgan fingerprint density at radius 1 is 1.09 bits per heavy atom. The summed E-state index contributed by atoms with van der Waals surface area (Å²) in [5.41, 5.74) is -2.71. The molecule has 23 heavy (non-hydrogen) atoms. The van der Waals surface area contributed by atoms with Crippen molar-refractivity contribution in [2.24, 2.45) is 0 Å². The molecule has 2 aromatic rings. The second-order valence-electron chi connectivity index (χ2n) is 4.60. The first-order valence-corrected chi connectivity index (χ1v) is 6.61. The standard InChI is InChI=1S/C14H9F5N2OS/c1-7-20-6-9(11(22)8-4-2-3-5-10(8)23)12(21-7)13(15,16)14(17,18)19/h2-6,23H,1H3. The molecule has 0 aliphatic rings. The van der Waals surface area contributed by atoms with Gasteiger partial charge in [-0.3, -0.25) is 4.79 Å². The van der Waals surface area contributed by atoms with E-state index < -0.39 is 29.1 Å². The molecule has 9 heteroatoms. The lowest BCUT2D eigenvalue weighted by Gasteiger charge is -2.21. The zero-order valence-corrected chi connectivity index (χ0v) is 12.4. The van der Waals surface area contributed by atoms with Crippen molar-refractivity contribution in [3.63, 3.8) is 0 Å². The zero-order chi connectivity index (χ0) is 17.4. The minimum Gasteiger partial charge on any atom is -0.288 e. The number of rotatable bonds is 3. The van der Waals surface area contributed by atoms with Gasteiger partial charge in [-0.1, -0.05) is 12.1 Å². The number of hydrogen-bond donors (Lipinski definition) is 1. The molecular formula is C14H9F5N2OS. The van der Waals surface area contributed by atoms with Gasteiger partial charge in [0.25, 0.3) is 0 Å². The van der Waals surface area contributed by atoms with Crippen LogP contribution in [0, 0.1) is 6.92 Å². The summed E-state index contributed by atoms with van der Waals surface area (Å²) in [5, 5.41) is 0. The summed E-state index contributed by atoms with van der Waals surface area (Å²) in [6.07, 6.45) is -5.22. The van der Waals surface area contributed by atoms with E-state index in [1.807, 2.05) is 0 Å². The van der Waals surface area contributed by atoms with E-state index in [0.717, 1.165) is 6.92 Å². The molecule has 0 unspecified atom stereocenters. The predicted octanol–water partition coefficient (Wildman–Crippen LogP) is 3.96. The summed E-state index contributed by atoms with van der Waals surface area (Å²) >= 11 is 4.00. The van der Waals surface area contributed by atoms with Crippen LogP contribution in [0.4, 0.5) is 22.0 Å². The van der Waals surface area contributed by atoms with Gasteiger partial charge in [0.2, 0.25) is 0 Å². The van der Waals surface area contributed by atoms with Gasteiger partial charge in [-0.05, 0) is 19.1 Å². The average Bonchev–Trinajstić information content (AvgIpc) is 2.46. The molecule has 0 saturated heterocycles. The lowest BCUT2D eigenvalue weighted by atomic mass is 10.00. The van der Waals surface area contributed by atoms with E-state index >= 15 is 0 Å². The van der Waals surface area contributed by atoms with Crippen LogP contribution in [0.25, 0.3) is 0 Å². The monoisotopic (exact) mass is 348 g/mol. The van der Waals surface area contributed by atoms with Crippen molar-refractivity contribution in [2.75, 3.05) is 0 Å². The summed E-state index contributed by atoms with van der Waals surface area (Å²) in [4.78, 5) is 19.2. The lowest BCUT2D eigenvalue weighted by molar-refractivity contribution is -0.291. The molecule has 122 valence electrons. The van der Waals surface area contributed by atoms with Gasteiger partial charge < -0.3 is 0 Å². The normalized spacial score (nSPS) is 12.3. The molecule has 0 atom stereocenters. The highest BCUT2D eigenvalue weighted by Gasteiger charge is 2.61. The first-order valence-electron chi connectivity index (χ1n) is 6.17. The van der Waals surface area contributed by atoms with E-state index in [0.29, 0.717) is 6.20 Å². The number of ketones is 1. The van der Waals surface area contributed by atoms with Crippen LogP contribution in [0.5, 0.6) is 0 Å². The number of aromatic nitrogens is 2. The Balaban J connectivity index is 2.66.